The van der Waals surface area contributed by atoms with Crippen molar-refractivity contribution >= 4 is 17.5 Å². The number of carbonyl (C=O) groups is 1. The number of anilines is 2. The highest BCUT2D eigenvalue weighted by Gasteiger charge is 2.03. The number of aromatic nitrogens is 2. The van der Waals surface area contributed by atoms with Gasteiger partial charge in [0.25, 0.3) is 0 Å². The van der Waals surface area contributed by atoms with Gasteiger partial charge in [0.2, 0.25) is 5.91 Å². The smallest absolute Gasteiger partial charge is 0.225 e. The molecule has 0 spiro atoms. The summed E-state index contributed by atoms with van der Waals surface area (Å²) in [6, 6.07) is 11.5. The molecule has 23 heavy (non-hydrogen) atoms. The van der Waals surface area contributed by atoms with E-state index in [-0.39, 0.29) is 5.91 Å². The van der Waals surface area contributed by atoms with Gasteiger partial charge in [-0.1, -0.05) is 19.1 Å². The molecule has 6 heteroatoms. The van der Waals surface area contributed by atoms with Crippen LogP contribution in [0.5, 0.6) is 5.75 Å². The largest absolute Gasteiger partial charge is 0.497 e. The zero-order valence-electron chi connectivity index (χ0n) is 13.5. The fraction of sp³-hybridized carbons (Fsp3) is 0.353. The van der Waals surface area contributed by atoms with Crippen LogP contribution in [0.25, 0.3) is 0 Å². The fourth-order valence-corrected chi connectivity index (χ4v) is 2.09. The number of hydrogen-bond donors (Lipinski definition) is 2. The van der Waals surface area contributed by atoms with Crippen LogP contribution in [0.1, 0.15) is 25.3 Å². The minimum absolute atomic E-state index is 0.0412. The normalized spacial score (nSPS) is 10.2. The minimum Gasteiger partial charge on any atom is -0.497 e. The molecule has 2 aromatic rings. The van der Waals surface area contributed by atoms with Crippen molar-refractivity contribution in [2.24, 2.45) is 0 Å². The number of benzene rings is 1. The summed E-state index contributed by atoms with van der Waals surface area (Å²) >= 11 is 0. The van der Waals surface area contributed by atoms with E-state index in [1.54, 1.807) is 19.2 Å². The average molecular weight is 314 g/mol. The van der Waals surface area contributed by atoms with Gasteiger partial charge >= 0.3 is 0 Å². The van der Waals surface area contributed by atoms with E-state index < -0.39 is 0 Å². The quantitative estimate of drug-likeness (QED) is 0.783. The standard InChI is InChI=1S/C17H22N4O2/c1-3-5-17(22)19-16-9-8-15(20-21-16)18-11-10-13-6-4-7-14(12-13)23-2/h4,6-9,12H,3,5,10-11H2,1-2H3,(H,18,20)(H,19,21,22). The van der Waals surface area contributed by atoms with E-state index in [4.69, 9.17) is 4.74 Å². The molecule has 2 N–H and O–H groups in total. The number of methoxy groups -OCH3 is 1. The summed E-state index contributed by atoms with van der Waals surface area (Å²) in [7, 11) is 1.66. The third-order valence-corrected chi connectivity index (χ3v) is 3.26. The van der Waals surface area contributed by atoms with Crippen LogP contribution in [0.15, 0.2) is 36.4 Å². The zero-order valence-corrected chi connectivity index (χ0v) is 13.5. The van der Waals surface area contributed by atoms with Crippen LogP contribution in [-0.2, 0) is 11.2 Å². The third kappa shape index (κ3) is 5.58. The van der Waals surface area contributed by atoms with Gasteiger partial charge in [-0.2, -0.15) is 0 Å². The molecule has 1 aromatic carbocycles. The number of ether oxygens (including phenoxy) is 1. The van der Waals surface area contributed by atoms with E-state index in [1.165, 1.54) is 5.56 Å². The number of nitrogens with zero attached hydrogens (tertiary/aromatic N) is 2. The SMILES string of the molecule is CCCC(=O)Nc1ccc(NCCc2cccc(OC)c2)nn1. The molecule has 0 aliphatic heterocycles. The maximum Gasteiger partial charge on any atom is 0.225 e. The summed E-state index contributed by atoms with van der Waals surface area (Å²) in [6.45, 7) is 2.70. The van der Waals surface area contributed by atoms with Gasteiger partial charge in [0.15, 0.2) is 5.82 Å². The molecule has 0 atom stereocenters. The number of rotatable bonds is 8. The van der Waals surface area contributed by atoms with Crippen molar-refractivity contribution in [3.63, 3.8) is 0 Å². The van der Waals surface area contributed by atoms with Crippen molar-refractivity contribution in [1.82, 2.24) is 10.2 Å². The Balaban J connectivity index is 1.80. The monoisotopic (exact) mass is 314 g/mol. The first-order valence-electron chi connectivity index (χ1n) is 7.71. The summed E-state index contributed by atoms with van der Waals surface area (Å²) < 4.78 is 5.20. The van der Waals surface area contributed by atoms with Gasteiger partial charge in [-0.3, -0.25) is 4.79 Å². The molecule has 1 amide bonds. The molecular formula is C17H22N4O2. The van der Waals surface area contributed by atoms with Gasteiger partial charge in [0.1, 0.15) is 11.6 Å². The van der Waals surface area contributed by atoms with Crippen molar-refractivity contribution < 1.29 is 9.53 Å². The molecular weight excluding hydrogens is 292 g/mol. The van der Waals surface area contributed by atoms with Gasteiger partial charge in [0.05, 0.1) is 7.11 Å². The van der Waals surface area contributed by atoms with Crippen molar-refractivity contribution in [1.29, 1.82) is 0 Å². The molecule has 1 aromatic heterocycles. The van der Waals surface area contributed by atoms with Gasteiger partial charge in [-0.15, -0.1) is 10.2 Å². The van der Waals surface area contributed by atoms with Crippen LogP contribution in [0.2, 0.25) is 0 Å². The molecule has 0 saturated carbocycles. The molecule has 0 unspecified atom stereocenters. The lowest BCUT2D eigenvalue weighted by Gasteiger charge is -2.07. The Morgan fingerprint density at radius 2 is 1.96 bits per heavy atom. The van der Waals surface area contributed by atoms with Gasteiger partial charge in [-0.05, 0) is 42.7 Å². The topological polar surface area (TPSA) is 76.1 Å². The molecule has 0 aliphatic carbocycles. The lowest BCUT2D eigenvalue weighted by molar-refractivity contribution is -0.116. The first-order chi connectivity index (χ1) is 11.2. The number of carbonyl (C=O) groups excluding carboxylic acids is 1. The summed E-state index contributed by atoms with van der Waals surface area (Å²) in [5.74, 6) is 1.97. The van der Waals surface area contributed by atoms with Gasteiger partial charge in [-0.25, -0.2) is 0 Å². The van der Waals surface area contributed by atoms with Crippen LogP contribution >= 0.6 is 0 Å². The Morgan fingerprint density at radius 3 is 2.65 bits per heavy atom. The second-order valence-corrected chi connectivity index (χ2v) is 5.13. The predicted octanol–water partition coefficient (Wildman–Crippen LogP) is 2.88. The average Bonchev–Trinajstić information content (AvgIpc) is 2.57. The lowest BCUT2D eigenvalue weighted by Crippen LogP contribution is -2.13. The fourth-order valence-electron chi connectivity index (χ4n) is 2.09. The predicted molar refractivity (Wildman–Crippen MR) is 90.8 cm³/mol. The first kappa shape index (κ1) is 16.7. The van der Waals surface area contributed by atoms with E-state index in [0.29, 0.717) is 18.1 Å². The summed E-state index contributed by atoms with van der Waals surface area (Å²) in [4.78, 5) is 11.5. The maximum atomic E-state index is 11.5. The Bertz CT molecular complexity index is 629. The second-order valence-electron chi connectivity index (χ2n) is 5.13. The van der Waals surface area contributed by atoms with Crippen LogP contribution in [0.3, 0.4) is 0 Å². The first-order valence-corrected chi connectivity index (χ1v) is 7.71. The second kappa shape index (κ2) is 8.73. The summed E-state index contributed by atoms with van der Waals surface area (Å²) in [5, 5.41) is 14.0. The highest BCUT2D eigenvalue weighted by molar-refractivity contribution is 5.89. The number of amides is 1. The number of nitrogens with one attached hydrogen (secondary N) is 2. The Morgan fingerprint density at radius 1 is 1.17 bits per heavy atom. The lowest BCUT2D eigenvalue weighted by atomic mass is 10.1. The van der Waals surface area contributed by atoms with E-state index in [1.807, 2.05) is 25.1 Å². The summed E-state index contributed by atoms with van der Waals surface area (Å²) in [6.07, 6.45) is 2.15. The highest BCUT2D eigenvalue weighted by Crippen LogP contribution is 2.13. The molecule has 2 rings (SSSR count). The zero-order chi connectivity index (χ0) is 16.5. The molecule has 122 valence electrons. The molecule has 0 fully saturated rings. The van der Waals surface area contributed by atoms with Crippen LogP contribution in [0.4, 0.5) is 11.6 Å². The van der Waals surface area contributed by atoms with Crippen molar-refractivity contribution in [2.45, 2.75) is 26.2 Å². The van der Waals surface area contributed by atoms with Crippen LogP contribution < -0.4 is 15.4 Å². The number of hydrogen-bond acceptors (Lipinski definition) is 5. The third-order valence-electron chi connectivity index (χ3n) is 3.26. The molecule has 0 saturated heterocycles. The van der Waals surface area contributed by atoms with Crippen molar-refractivity contribution in [2.75, 3.05) is 24.3 Å². The Labute approximate surface area is 136 Å². The van der Waals surface area contributed by atoms with E-state index in [9.17, 15) is 4.79 Å². The molecule has 1 heterocycles. The van der Waals surface area contributed by atoms with Crippen molar-refractivity contribution in [3.8, 4) is 5.75 Å². The van der Waals surface area contributed by atoms with E-state index in [0.717, 1.165) is 25.1 Å². The molecule has 0 aliphatic rings. The van der Waals surface area contributed by atoms with Crippen LogP contribution in [0, 0.1) is 0 Å². The van der Waals surface area contributed by atoms with E-state index >= 15 is 0 Å². The maximum absolute atomic E-state index is 11.5. The van der Waals surface area contributed by atoms with Crippen molar-refractivity contribution in [3.05, 3.63) is 42.0 Å². The highest BCUT2D eigenvalue weighted by atomic mass is 16.5. The molecule has 0 radical (unpaired) electrons. The molecule has 6 nitrogen and oxygen atoms in total. The van der Waals surface area contributed by atoms with Gasteiger partial charge < -0.3 is 15.4 Å². The van der Waals surface area contributed by atoms with Crippen LogP contribution in [-0.4, -0.2) is 29.8 Å². The Hall–Kier alpha value is -2.63. The molecule has 0 bridgehead atoms. The summed E-state index contributed by atoms with van der Waals surface area (Å²) in [5.41, 5.74) is 1.19. The minimum atomic E-state index is -0.0412. The van der Waals surface area contributed by atoms with Gasteiger partial charge in [0, 0.05) is 13.0 Å². The van der Waals surface area contributed by atoms with E-state index in [2.05, 4.69) is 26.9 Å². The Kier molecular flexibility index (Phi) is 6.35.